The average molecular weight is 283 g/mol. The van der Waals surface area contributed by atoms with Crippen LogP contribution < -0.4 is 5.73 Å². The predicted octanol–water partition coefficient (Wildman–Crippen LogP) is 2.98. The number of para-hydroxylation sites is 1. The first-order valence-electron chi connectivity index (χ1n) is 7.87. The van der Waals surface area contributed by atoms with Gasteiger partial charge in [0.15, 0.2) is 0 Å². The van der Waals surface area contributed by atoms with Crippen LogP contribution in [-0.2, 0) is 4.74 Å². The highest BCUT2D eigenvalue weighted by atomic mass is 16.5. The van der Waals surface area contributed by atoms with Crippen LogP contribution in [0.4, 0.5) is 0 Å². The number of hydrogen-bond donors (Lipinski definition) is 1. The number of aromatic nitrogens is 2. The quantitative estimate of drug-likeness (QED) is 0.920. The third-order valence-corrected chi connectivity index (χ3v) is 5.19. The van der Waals surface area contributed by atoms with Crippen molar-refractivity contribution in [1.82, 2.24) is 9.97 Å². The van der Waals surface area contributed by atoms with Crippen molar-refractivity contribution < 1.29 is 4.74 Å². The van der Waals surface area contributed by atoms with Crippen LogP contribution in [0.25, 0.3) is 11.0 Å². The zero-order valence-corrected chi connectivity index (χ0v) is 12.2. The third kappa shape index (κ3) is 2.23. The van der Waals surface area contributed by atoms with E-state index in [1.54, 1.807) is 12.4 Å². The van der Waals surface area contributed by atoms with Gasteiger partial charge in [-0.3, -0.25) is 9.97 Å². The van der Waals surface area contributed by atoms with E-state index in [4.69, 9.17) is 10.5 Å². The fraction of sp³-hybridized carbons (Fsp3) is 0.529. The third-order valence-electron chi connectivity index (χ3n) is 5.19. The number of nitrogens with two attached hydrogens (primary N) is 1. The molecule has 1 aromatic carbocycles. The van der Waals surface area contributed by atoms with Gasteiger partial charge in [-0.2, -0.15) is 0 Å². The van der Waals surface area contributed by atoms with E-state index in [-0.39, 0.29) is 11.6 Å². The lowest BCUT2D eigenvalue weighted by Gasteiger charge is -2.48. The fourth-order valence-electron chi connectivity index (χ4n) is 3.83. The summed E-state index contributed by atoms with van der Waals surface area (Å²) in [6.45, 7) is 0.842. The van der Waals surface area contributed by atoms with E-state index in [0.717, 1.165) is 36.0 Å². The van der Waals surface area contributed by atoms with E-state index in [0.29, 0.717) is 5.92 Å². The van der Waals surface area contributed by atoms with Crippen LogP contribution in [0.5, 0.6) is 0 Å². The second kappa shape index (κ2) is 5.04. The van der Waals surface area contributed by atoms with Crippen LogP contribution in [0, 0.1) is 5.92 Å². The van der Waals surface area contributed by atoms with Gasteiger partial charge in [-0.15, -0.1) is 0 Å². The molecule has 2 aliphatic rings. The van der Waals surface area contributed by atoms with Gasteiger partial charge in [-0.25, -0.2) is 0 Å². The molecular formula is C17H21N3O. The molecule has 2 fully saturated rings. The van der Waals surface area contributed by atoms with Crippen molar-refractivity contribution in [2.45, 2.75) is 43.7 Å². The van der Waals surface area contributed by atoms with Crippen molar-refractivity contribution in [2.75, 3.05) is 6.61 Å². The number of benzene rings is 1. The van der Waals surface area contributed by atoms with Crippen molar-refractivity contribution >= 4 is 11.0 Å². The molecule has 4 rings (SSSR count). The largest absolute Gasteiger partial charge is 0.375 e. The molecule has 21 heavy (non-hydrogen) atoms. The Labute approximate surface area is 124 Å². The Morgan fingerprint density at radius 1 is 1.24 bits per heavy atom. The van der Waals surface area contributed by atoms with E-state index < -0.39 is 0 Å². The summed E-state index contributed by atoms with van der Waals surface area (Å²) in [5.41, 5.74) is 9.75. The second-order valence-electron chi connectivity index (χ2n) is 6.44. The first-order valence-corrected chi connectivity index (χ1v) is 7.87. The number of nitrogens with zero attached hydrogens (tertiary/aromatic N) is 2. The average Bonchev–Trinajstić information content (AvgIpc) is 2.52. The van der Waals surface area contributed by atoms with Gasteiger partial charge in [0.1, 0.15) is 0 Å². The van der Waals surface area contributed by atoms with Crippen LogP contribution in [0.2, 0.25) is 0 Å². The van der Waals surface area contributed by atoms with Crippen LogP contribution in [-0.4, -0.2) is 22.2 Å². The lowest BCUT2D eigenvalue weighted by molar-refractivity contribution is -0.146. The minimum Gasteiger partial charge on any atom is -0.375 e. The maximum Gasteiger partial charge on any atom is 0.0934 e. The summed E-state index contributed by atoms with van der Waals surface area (Å²) in [6.07, 6.45) is 9.30. The molecule has 0 amide bonds. The first-order chi connectivity index (χ1) is 10.3. The van der Waals surface area contributed by atoms with Crippen molar-refractivity contribution in [3.63, 3.8) is 0 Å². The van der Waals surface area contributed by atoms with E-state index in [1.165, 1.54) is 19.3 Å². The standard InChI is InChI=1S/C17H21N3O/c18-15(12-5-10-21-17(11-12)6-2-7-17)13-3-1-4-14-16(13)20-9-8-19-14/h1,3-4,8-9,12,15H,2,5-7,10-11,18H2. The maximum absolute atomic E-state index is 6.61. The Hall–Kier alpha value is -1.52. The Bertz CT molecular complexity index is 648. The summed E-state index contributed by atoms with van der Waals surface area (Å²) in [4.78, 5) is 8.88. The lowest BCUT2D eigenvalue weighted by Crippen LogP contribution is -2.47. The molecule has 4 heteroatoms. The molecule has 1 aromatic heterocycles. The number of rotatable bonds is 2. The van der Waals surface area contributed by atoms with Gasteiger partial charge < -0.3 is 10.5 Å². The summed E-state index contributed by atoms with van der Waals surface area (Å²) < 4.78 is 6.02. The molecule has 1 spiro atoms. The fourth-order valence-corrected chi connectivity index (χ4v) is 3.83. The summed E-state index contributed by atoms with van der Waals surface area (Å²) >= 11 is 0. The van der Waals surface area contributed by atoms with Gasteiger partial charge in [0, 0.05) is 25.0 Å². The van der Waals surface area contributed by atoms with Gasteiger partial charge in [0.05, 0.1) is 16.6 Å². The molecule has 110 valence electrons. The van der Waals surface area contributed by atoms with Crippen LogP contribution in [0.15, 0.2) is 30.6 Å². The topological polar surface area (TPSA) is 61.0 Å². The Morgan fingerprint density at radius 2 is 2.10 bits per heavy atom. The second-order valence-corrected chi connectivity index (χ2v) is 6.44. The van der Waals surface area contributed by atoms with Gasteiger partial charge in [-0.1, -0.05) is 12.1 Å². The van der Waals surface area contributed by atoms with Crippen molar-refractivity contribution in [2.24, 2.45) is 11.7 Å². The van der Waals surface area contributed by atoms with E-state index in [2.05, 4.69) is 16.0 Å². The summed E-state index contributed by atoms with van der Waals surface area (Å²) in [7, 11) is 0. The van der Waals surface area contributed by atoms with E-state index >= 15 is 0 Å². The molecule has 1 aliphatic carbocycles. The van der Waals surface area contributed by atoms with Crippen LogP contribution in [0.1, 0.15) is 43.7 Å². The first kappa shape index (κ1) is 13.2. The highest BCUT2D eigenvalue weighted by molar-refractivity contribution is 5.78. The minimum absolute atomic E-state index is 0.0202. The van der Waals surface area contributed by atoms with E-state index in [9.17, 15) is 0 Å². The molecule has 0 radical (unpaired) electrons. The predicted molar refractivity (Wildman–Crippen MR) is 81.7 cm³/mol. The number of fused-ring (bicyclic) bond motifs is 1. The molecule has 0 bridgehead atoms. The molecule has 1 saturated carbocycles. The zero-order chi connectivity index (χ0) is 14.3. The molecule has 2 N–H and O–H groups in total. The summed E-state index contributed by atoms with van der Waals surface area (Å²) in [5, 5.41) is 0. The van der Waals surface area contributed by atoms with Crippen molar-refractivity contribution in [1.29, 1.82) is 0 Å². The molecule has 4 nitrogen and oxygen atoms in total. The molecular weight excluding hydrogens is 262 g/mol. The summed E-state index contributed by atoms with van der Waals surface area (Å²) in [6, 6.07) is 6.15. The highest BCUT2D eigenvalue weighted by Crippen LogP contribution is 2.47. The van der Waals surface area contributed by atoms with Gasteiger partial charge >= 0.3 is 0 Å². The van der Waals surface area contributed by atoms with Crippen molar-refractivity contribution in [3.8, 4) is 0 Å². The van der Waals surface area contributed by atoms with Gasteiger partial charge in [-0.05, 0) is 49.7 Å². The molecule has 1 saturated heterocycles. The Morgan fingerprint density at radius 3 is 2.90 bits per heavy atom. The monoisotopic (exact) mass is 283 g/mol. The highest BCUT2D eigenvalue weighted by Gasteiger charge is 2.44. The van der Waals surface area contributed by atoms with E-state index in [1.807, 2.05) is 12.1 Å². The van der Waals surface area contributed by atoms with Crippen LogP contribution >= 0.6 is 0 Å². The normalized spacial score (nSPS) is 25.7. The van der Waals surface area contributed by atoms with Gasteiger partial charge in [0.2, 0.25) is 0 Å². The minimum atomic E-state index is 0.0202. The Balaban J connectivity index is 1.65. The zero-order valence-electron chi connectivity index (χ0n) is 12.2. The molecule has 2 aromatic rings. The molecule has 2 unspecified atom stereocenters. The number of ether oxygens (including phenoxy) is 1. The lowest BCUT2D eigenvalue weighted by atomic mass is 9.70. The Kier molecular flexibility index (Phi) is 3.16. The van der Waals surface area contributed by atoms with Gasteiger partial charge in [0.25, 0.3) is 0 Å². The summed E-state index contributed by atoms with van der Waals surface area (Å²) in [5.74, 6) is 0.478. The SMILES string of the molecule is NC(c1cccc2nccnc12)C1CCOC2(CCC2)C1. The molecule has 2 atom stereocenters. The molecule has 1 aliphatic heterocycles. The van der Waals surface area contributed by atoms with Crippen LogP contribution in [0.3, 0.4) is 0 Å². The van der Waals surface area contributed by atoms with Crippen molar-refractivity contribution in [3.05, 3.63) is 36.2 Å². The molecule has 2 heterocycles. The smallest absolute Gasteiger partial charge is 0.0934 e. The maximum atomic E-state index is 6.61. The number of hydrogen-bond acceptors (Lipinski definition) is 4.